The molecule has 1 heterocycles. The number of imide groups is 1. The standard InChI is InChI=1S/C20H22N2O3/c23-18(21-17-11-5-7-13-6-1-2-8-14(13)17)12-22-19(24)15-9-3-4-10-16(15)20(22)25/h1-4,6,8,15-17H,5,7,9-12H2,(H,21,23)/t15-,16-,17-/m1/s1. The summed E-state index contributed by atoms with van der Waals surface area (Å²) >= 11 is 0. The SMILES string of the molecule is O=C(CN1C(=O)[C@@H]2CC=CC[C@H]2C1=O)N[C@@H]1CCCc2ccccc21. The summed E-state index contributed by atoms with van der Waals surface area (Å²) in [6.45, 7) is -0.163. The van der Waals surface area contributed by atoms with Gasteiger partial charge in [0, 0.05) is 0 Å². The molecule has 2 aliphatic carbocycles. The molecule has 25 heavy (non-hydrogen) atoms. The highest BCUT2D eigenvalue weighted by molar-refractivity contribution is 6.07. The summed E-state index contributed by atoms with van der Waals surface area (Å²) in [6.07, 6.45) is 8.05. The Morgan fingerprint density at radius 3 is 2.48 bits per heavy atom. The van der Waals surface area contributed by atoms with E-state index < -0.39 is 0 Å². The number of likely N-dealkylation sites (tertiary alicyclic amines) is 1. The topological polar surface area (TPSA) is 66.5 Å². The summed E-state index contributed by atoms with van der Waals surface area (Å²) in [6, 6.07) is 8.11. The number of allylic oxidation sites excluding steroid dienone is 2. The van der Waals surface area contributed by atoms with Crippen LogP contribution in [0.25, 0.3) is 0 Å². The van der Waals surface area contributed by atoms with E-state index in [-0.39, 0.29) is 42.1 Å². The minimum Gasteiger partial charge on any atom is -0.348 e. The first-order valence-corrected chi connectivity index (χ1v) is 9.02. The highest BCUT2D eigenvalue weighted by atomic mass is 16.2. The van der Waals surface area contributed by atoms with Gasteiger partial charge in [-0.15, -0.1) is 0 Å². The summed E-state index contributed by atoms with van der Waals surface area (Å²) in [5.74, 6) is -1.20. The maximum Gasteiger partial charge on any atom is 0.240 e. The number of fused-ring (bicyclic) bond motifs is 2. The molecule has 0 saturated carbocycles. The van der Waals surface area contributed by atoms with E-state index in [1.807, 2.05) is 30.4 Å². The molecule has 1 N–H and O–H groups in total. The minimum absolute atomic E-state index is 0.0331. The average molecular weight is 338 g/mol. The van der Waals surface area contributed by atoms with E-state index in [1.54, 1.807) is 0 Å². The van der Waals surface area contributed by atoms with Crippen molar-refractivity contribution in [1.29, 1.82) is 0 Å². The largest absolute Gasteiger partial charge is 0.348 e. The summed E-state index contributed by atoms with van der Waals surface area (Å²) in [5, 5.41) is 3.02. The van der Waals surface area contributed by atoms with Crippen LogP contribution in [-0.4, -0.2) is 29.2 Å². The second-order valence-corrected chi connectivity index (χ2v) is 7.13. The van der Waals surface area contributed by atoms with Crippen LogP contribution in [0.2, 0.25) is 0 Å². The quantitative estimate of drug-likeness (QED) is 0.678. The van der Waals surface area contributed by atoms with Crippen LogP contribution in [0.3, 0.4) is 0 Å². The fourth-order valence-electron chi connectivity index (χ4n) is 4.31. The van der Waals surface area contributed by atoms with Crippen LogP contribution in [-0.2, 0) is 20.8 Å². The third-order valence-corrected chi connectivity index (χ3v) is 5.61. The Kier molecular flexibility index (Phi) is 4.15. The third kappa shape index (κ3) is 2.88. The van der Waals surface area contributed by atoms with Gasteiger partial charge in [0.05, 0.1) is 17.9 Å². The molecule has 0 aromatic heterocycles. The lowest BCUT2D eigenvalue weighted by Gasteiger charge is -2.27. The number of nitrogens with zero attached hydrogens (tertiary/aromatic N) is 1. The molecule has 3 atom stereocenters. The Balaban J connectivity index is 1.43. The molecule has 3 amide bonds. The van der Waals surface area contributed by atoms with Crippen molar-refractivity contribution >= 4 is 17.7 Å². The van der Waals surface area contributed by atoms with Gasteiger partial charge >= 0.3 is 0 Å². The van der Waals surface area contributed by atoms with E-state index in [1.165, 1.54) is 5.56 Å². The molecule has 1 aromatic rings. The number of amides is 3. The van der Waals surface area contributed by atoms with Gasteiger partial charge in [0.1, 0.15) is 6.54 Å². The molecule has 0 unspecified atom stereocenters. The molecule has 1 aromatic carbocycles. The number of nitrogens with one attached hydrogen (secondary N) is 1. The number of hydrogen-bond donors (Lipinski definition) is 1. The van der Waals surface area contributed by atoms with Gasteiger partial charge < -0.3 is 5.32 Å². The molecule has 0 radical (unpaired) electrons. The van der Waals surface area contributed by atoms with E-state index >= 15 is 0 Å². The van der Waals surface area contributed by atoms with Gasteiger partial charge in [0.25, 0.3) is 0 Å². The molecule has 1 fully saturated rings. The normalized spacial score (nSPS) is 27.8. The van der Waals surface area contributed by atoms with Gasteiger partial charge in [-0.05, 0) is 43.2 Å². The molecule has 130 valence electrons. The number of carbonyl (C=O) groups is 3. The van der Waals surface area contributed by atoms with E-state index in [2.05, 4.69) is 11.4 Å². The Morgan fingerprint density at radius 1 is 1.08 bits per heavy atom. The second kappa shape index (κ2) is 6.47. The Labute approximate surface area is 147 Å². The van der Waals surface area contributed by atoms with Crippen molar-refractivity contribution in [2.24, 2.45) is 11.8 Å². The second-order valence-electron chi connectivity index (χ2n) is 7.13. The zero-order valence-corrected chi connectivity index (χ0v) is 14.1. The zero-order chi connectivity index (χ0) is 17.4. The smallest absolute Gasteiger partial charge is 0.240 e. The van der Waals surface area contributed by atoms with Crippen LogP contribution >= 0.6 is 0 Å². The number of benzene rings is 1. The molecule has 3 aliphatic rings. The van der Waals surface area contributed by atoms with Gasteiger partial charge in [0.2, 0.25) is 17.7 Å². The van der Waals surface area contributed by atoms with Crippen LogP contribution in [0.15, 0.2) is 36.4 Å². The van der Waals surface area contributed by atoms with Crippen molar-refractivity contribution in [1.82, 2.24) is 10.2 Å². The molecule has 4 rings (SSSR count). The molecule has 0 spiro atoms. The molecule has 5 nitrogen and oxygen atoms in total. The fourth-order valence-corrected chi connectivity index (χ4v) is 4.31. The van der Waals surface area contributed by atoms with Gasteiger partial charge in [-0.25, -0.2) is 0 Å². The highest BCUT2D eigenvalue weighted by Crippen LogP contribution is 2.35. The van der Waals surface area contributed by atoms with Crippen molar-refractivity contribution in [3.63, 3.8) is 0 Å². The molecule has 1 saturated heterocycles. The number of aryl methyl sites for hydroxylation is 1. The average Bonchev–Trinajstić information content (AvgIpc) is 2.87. The van der Waals surface area contributed by atoms with Crippen LogP contribution in [0.4, 0.5) is 0 Å². The number of hydrogen-bond acceptors (Lipinski definition) is 3. The number of carbonyl (C=O) groups excluding carboxylic acids is 3. The Bertz CT molecular complexity index is 729. The zero-order valence-electron chi connectivity index (χ0n) is 14.1. The highest BCUT2D eigenvalue weighted by Gasteiger charge is 2.47. The lowest BCUT2D eigenvalue weighted by atomic mass is 9.85. The maximum absolute atomic E-state index is 12.5. The van der Waals surface area contributed by atoms with E-state index in [4.69, 9.17) is 0 Å². The molecule has 1 aliphatic heterocycles. The Hall–Kier alpha value is -2.43. The van der Waals surface area contributed by atoms with Crippen molar-refractivity contribution in [3.05, 3.63) is 47.5 Å². The van der Waals surface area contributed by atoms with Crippen LogP contribution in [0, 0.1) is 11.8 Å². The van der Waals surface area contributed by atoms with Crippen LogP contribution in [0.5, 0.6) is 0 Å². The third-order valence-electron chi connectivity index (χ3n) is 5.61. The lowest BCUT2D eigenvalue weighted by molar-refractivity contribution is -0.143. The minimum atomic E-state index is -0.277. The van der Waals surface area contributed by atoms with Gasteiger partial charge in [-0.3, -0.25) is 19.3 Å². The summed E-state index contributed by atoms with van der Waals surface area (Å²) in [7, 11) is 0. The first-order chi connectivity index (χ1) is 12.1. The lowest BCUT2D eigenvalue weighted by Crippen LogP contribution is -2.42. The first kappa shape index (κ1) is 16.1. The van der Waals surface area contributed by atoms with Crippen molar-refractivity contribution in [3.8, 4) is 0 Å². The fraction of sp³-hybridized carbons (Fsp3) is 0.450. The monoisotopic (exact) mass is 338 g/mol. The van der Waals surface area contributed by atoms with Crippen LogP contribution < -0.4 is 5.32 Å². The molecule has 5 heteroatoms. The maximum atomic E-state index is 12.5. The van der Waals surface area contributed by atoms with Gasteiger partial charge in [-0.1, -0.05) is 36.4 Å². The predicted octanol–water partition coefficient (Wildman–Crippen LogP) is 2.13. The van der Waals surface area contributed by atoms with Crippen LogP contribution in [0.1, 0.15) is 42.9 Å². The predicted molar refractivity (Wildman–Crippen MR) is 92.3 cm³/mol. The van der Waals surface area contributed by atoms with Crippen molar-refractivity contribution in [2.75, 3.05) is 6.54 Å². The van der Waals surface area contributed by atoms with Crippen molar-refractivity contribution < 1.29 is 14.4 Å². The summed E-state index contributed by atoms with van der Waals surface area (Å²) < 4.78 is 0. The van der Waals surface area contributed by atoms with E-state index in [0.717, 1.165) is 29.7 Å². The van der Waals surface area contributed by atoms with E-state index in [0.29, 0.717) is 12.8 Å². The van der Waals surface area contributed by atoms with E-state index in [9.17, 15) is 14.4 Å². The first-order valence-electron chi connectivity index (χ1n) is 9.02. The molecule has 0 bridgehead atoms. The molecular weight excluding hydrogens is 316 g/mol. The van der Waals surface area contributed by atoms with Gasteiger partial charge in [-0.2, -0.15) is 0 Å². The van der Waals surface area contributed by atoms with Crippen molar-refractivity contribution in [2.45, 2.75) is 38.1 Å². The summed E-state index contributed by atoms with van der Waals surface area (Å²) in [4.78, 5) is 38.6. The van der Waals surface area contributed by atoms with Gasteiger partial charge in [0.15, 0.2) is 0 Å². The number of rotatable bonds is 3. The molecular formula is C20H22N2O3. The Morgan fingerprint density at radius 2 is 1.76 bits per heavy atom. The summed E-state index contributed by atoms with van der Waals surface area (Å²) in [5.41, 5.74) is 2.42.